The van der Waals surface area contributed by atoms with Gasteiger partial charge in [-0.25, -0.2) is 5.16 Å². The molecule has 0 saturated heterocycles. The lowest BCUT2D eigenvalue weighted by Gasteiger charge is -1.97. The van der Waals surface area contributed by atoms with E-state index in [9.17, 15) is 18.4 Å². The van der Waals surface area contributed by atoms with Gasteiger partial charge >= 0.3 is 0 Å². The summed E-state index contributed by atoms with van der Waals surface area (Å²) >= 11 is 0. The molecule has 0 aliphatic heterocycles. The Balaban J connectivity index is 4.31. The molecule has 0 aliphatic rings. The highest BCUT2D eigenvalue weighted by Gasteiger charge is 2.23. The summed E-state index contributed by atoms with van der Waals surface area (Å²) in [5.41, 5.74) is 0. The molecule has 7 heteroatoms. The van der Waals surface area contributed by atoms with Crippen LogP contribution in [0.1, 0.15) is 6.42 Å². The summed E-state index contributed by atoms with van der Waals surface area (Å²) < 4.78 is 28.6. The van der Waals surface area contributed by atoms with E-state index < -0.39 is 21.8 Å². The van der Waals surface area contributed by atoms with Crippen molar-refractivity contribution in [1.29, 1.82) is 0 Å². The lowest BCUT2D eigenvalue weighted by molar-refractivity contribution is -0.368. The van der Waals surface area contributed by atoms with Crippen LogP contribution in [0.15, 0.2) is 0 Å². The van der Waals surface area contributed by atoms with Crippen LogP contribution in [0.3, 0.4) is 0 Å². The molecule has 0 amide bonds. The van der Waals surface area contributed by atoms with Gasteiger partial charge < -0.3 is 5.21 Å². The maximum atomic E-state index is 10.2. The molecule has 2 radical (unpaired) electrons. The van der Waals surface area contributed by atoms with Crippen LogP contribution in [0, 0.1) is 5.21 Å². The van der Waals surface area contributed by atoms with E-state index in [0.29, 0.717) is 0 Å². The van der Waals surface area contributed by atoms with Crippen molar-refractivity contribution in [1.82, 2.24) is 0 Å². The molecule has 0 fully saturated rings. The summed E-state index contributed by atoms with van der Waals surface area (Å²) in [4.78, 5) is 9.82. The van der Waals surface area contributed by atoms with Gasteiger partial charge in [0.25, 0.3) is 16.3 Å². The molecule has 0 bridgehead atoms. The zero-order valence-electron chi connectivity index (χ0n) is 5.27. The van der Waals surface area contributed by atoms with Crippen molar-refractivity contribution in [2.24, 2.45) is 0 Å². The smallest absolute Gasteiger partial charge is 0.276 e. The Kier molecular flexibility index (Phi) is 3.69. The van der Waals surface area contributed by atoms with E-state index in [2.05, 4.69) is 0 Å². The van der Waals surface area contributed by atoms with Crippen LogP contribution >= 0.6 is 0 Å². The van der Waals surface area contributed by atoms with Crippen LogP contribution in [-0.4, -0.2) is 30.7 Å². The molecule has 11 heavy (non-hydrogen) atoms. The number of nitrogens with one attached hydrogen (secondary N) is 1. The fourth-order valence-corrected chi connectivity index (χ4v) is 0.758. The third kappa shape index (κ3) is 3.68. The van der Waals surface area contributed by atoms with Crippen LogP contribution in [0.25, 0.3) is 0 Å². The number of rotatable bonds is 4. The van der Waals surface area contributed by atoms with Crippen molar-refractivity contribution in [3.63, 3.8) is 0 Å². The van der Waals surface area contributed by atoms with Crippen LogP contribution in [0.5, 0.6) is 0 Å². The molecule has 0 aromatic rings. The van der Waals surface area contributed by atoms with Crippen molar-refractivity contribution in [2.45, 2.75) is 11.7 Å². The third-order valence-electron chi connectivity index (χ3n) is 0.851. The number of hydrogen-bond donors (Lipinski definition) is 2. The molecule has 62 valence electrons. The van der Waals surface area contributed by atoms with E-state index in [1.807, 2.05) is 0 Å². The molecule has 0 aliphatic carbocycles. The predicted molar refractivity (Wildman–Crippen MR) is 35.0 cm³/mol. The van der Waals surface area contributed by atoms with Crippen molar-refractivity contribution in [2.75, 3.05) is 0 Å². The minimum absolute atomic E-state index is 0.522. The summed E-state index contributed by atoms with van der Waals surface area (Å²) in [6.45, 7) is 0. The Morgan fingerprint density at radius 3 is 2.45 bits per heavy atom. The minimum Gasteiger partial charge on any atom is -0.625 e. The number of carbonyl (C=O) groups excluding carboxylic acids is 1. The molecule has 2 N–H and O–H groups in total. The Morgan fingerprint density at radius 2 is 2.18 bits per heavy atom. The second-order valence-electron chi connectivity index (χ2n) is 1.60. The quantitative estimate of drug-likeness (QED) is 0.211. The first-order chi connectivity index (χ1) is 5.02. The second kappa shape index (κ2) is 4.04. The average Bonchev–Trinajstić information content (AvgIpc) is 1.87. The van der Waals surface area contributed by atoms with Crippen LogP contribution in [0.4, 0.5) is 0 Å². The van der Waals surface area contributed by atoms with Gasteiger partial charge in [0.2, 0.25) is 6.29 Å². The van der Waals surface area contributed by atoms with Gasteiger partial charge in [0.05, 0.1) is 6.42 Å². The van der Waals surface area contributed by atoms with E-state index in [1.165, 1.54) is 0 Å². The Morgan fingerprint density at radius 1 is 1.64 bits per heavy atom. The van der Waals surface area contributed by atoms with Gasteiger partial charge in [0.15, 0.2) is 5.25 Å². The maximum absolute atomic E-state index is 10.2. The van der Waals surface area contributed by atoms with Gasteiger partial charge in [0, 0.05) is 0 Å². The van der Waals surface area contributed by atoms with Gasteiger partial charge in [-0.05, 0) is 0 Å². The summed E-state index contributed by atoms with van der Waals surface area (Å²) in [5, 5.41) is 8.93. The summed E-state index contributed by atoms with van der Waals surface area (Å²) in [5.74, 6) is 0. The van der Waals surface area contributed by atoms with E-state index in [1.54, 1.807) is 6.21 Å². The largest absolute Gasteiger partial charge is 0.625 e. The Labute approximate surface area is 63.3 Å². The topological polar surface area (TPSA) is 108 Å². The van der Waals surface area contributed by atoms with Gasteiger partial charge in [-0.2, -0.15) is 8.42 Å². The van der Waals surface area contributed by atoms with Crippen molar-refractivity contribution < 1.29 is 22.9 Å². The lowest BCUT2D eigenvalue weighted by Crippen LogP contribution is -2.60. The fraction of sp³-hybridized carbons (Fsp3) is 0.500. The first-order valence-electron chi connectivity index (χ1n) is 2.46. The molecule has 1 atom stereocenters. The minimum atomic E-state index is -4.45. The first-order valence-corrected chi connectivity index (χ1v) is 3.96. The zero-order chi connectivity index (χ0) is 8.91. The normalized spacial score (nSPS) is 15.0. The monoisotopic (exact) mass is 179 g/mol. The van der Waals surface area contributed by atoms with Crippen molar-refractivity contribution in [3.8, 4) is 0 Å². The molecule has 0 rings (SSSR count). The van der Waals surface area contributed by atoms with Crippen molar-refractivity contribution in [3.05, 3.63) is 5.21 Å². The van der Waals surface area contributed by atoms with Crippen LogP contribution in [0.2, 0.25) is 0 Å². The van der Waals surface area contributed by atoms with Gasteiger partial charge in [-0.1, -0.05) is 0 Å². The molecule has 0 aromatic heterocycles. The van der Waals surface area contributed by atoms with Gasteiger partial charge in [0.1, 0.15) is 0 Å². The SMILES string of the molecule is O=[C]C(C/[C]=[NH+]/[O-])S(=O)(=O)O. The molecular formula is C4H5NO5S. The van der Waals surface area contributed by atoms with E-state index >= 15 is 0 Å². The molecule has 0 aromatic carbocycles. The maximum Gasteiger partial charge on any atom is 0.276 e. The van der Waals surface area contributed by atoms with E-state index in [0.717, 1.165) is 11.4 Å². The standard InChI is InChI=1S/C4H5NO5S/c6-3-4(1-2-5-7)11(8,9)10/h4-5H,1H2,(H-,7,8,9,10). The third-order valence-corrected chi connectivity index (χ3v) is 1.83. The summed E-state index contributed by atoms with van der Waals surface area (Å²) in [6, 6.07) is 0. The van der Waals surface area contributed by atoms with Crippen LogP contribution < -0.4 is 5.16 Å². The van der Waals surface area contributed by atoms with Crippen molar-refractivity contribution >= 4 is 22.6 Å². The molecule has 0 spiro atoms. The molecular weight excluding hydrogens is 174 g/mol. The molecule has 0 heterocycles. The Bertz CT molecular complexity index is 243. The molecule has 0 saturated carbocycles. The second-order valence-corrected chi connectivity index (χ2v) is 3.20. The van der Waals surface area contributed by atoms with E-state index in [4.69, 9.17) is 4.55 Å². The highest BCUT2D eigenvalue weighted by atomic mass is 32.2. The summed E-state index contributed by atoms with van der Waals surface area (Å²) in [6.07, 6.45) is 2.32. The highest BCUT2D eigenvalue weighted by molar-refractivity contribution is 7.87. The van der Waals surface area contributed by atoms with Gasteiger partial charge in [-0.3, -0.25) is 9.35 Å². The number of hydrogen-bond acceptors (Lipinski definition) is 4. The average molecular weight is 179 g/mol. The first kappa shape index (κ1) is 10.0. The highest BCUT2D eigenvalue weighted by Crippen LogP contribution is 1.97. The summed E-state index contributed by atoms with van der Waals surface area (Å²) in [7, 11) is -4.45. The molecule has 1 unspecified atom stereocenters. The predicted octanol–water partition coefficient (Wildman–Crippen LogP) is -2.73. The van der Waals surface area contributed by atoms with Gasteiger partial charge in [-0.15, -0.1) is 0 Å². The van der Waals surface area contributed by atoms with Crippen LogP contribution in [-0.2, 0) is 14.9 Å². The molecule has 6 nitrogen and oxygen atoms in total. The fourth-order valence-electron chi connectivity index (χ4n) is 0.342. The Hall–Kier alpha value is -0.950. The van der Waals surface area contributed by atoms with E-state index in [-0.39, 0.29) is 0 Å². The lowest BCUT2D eigenvalue weighted by atomic mass is 10.3. The zero-order valence-corrected chi connectivity index (χ0v) is 6.09.